The van der Waals surface area contributed by atoms with E-state index in [4.69, 9.17) is 9.84 Å². The lowest BCUT2D eigenvalue weighted by Gasteiger charge is -2.12. The Morgan fingerprint density at radius 3 is 2.33 bits per heavy atom. The third-order valence-electron chi connectivity index (χ3n) is 1.12. The Morgan fingerprint density at radius 1 is 1.44 bits per heavy atom. The van der Waals surface area contributed by atoms with E-state index in [9.17, 15) is 0 Å². The summed E-state index contributed by atoms with van der Waals surface area (Å²) in [5, 5.41) is 8.87. The lowest BCUT2D eigenvalue weighted by molar-refractivity contribution is 0.0364. The van der Waals surface area contributed by atoms with Gasteiger partial charge in [-0.25, -0.2) is 0 Å². The molecule has 56 valence electrons. The molecule has 0 rings (SSSR count). The van der Waals surface area contributed by atoms with Gasteiger partial charge in [0.1, 0.15) is 0 Å². The molecule has 0 fully saturated rings. The van der Waals surface area contributed by atoms with Crippen LogP contribution in [0.1, 0.15) is 27.2 Å². The van der Waals surface area contributed by atoms with Gasteiger partial charge in [0.15, 0.2) is 0 Å². The summed E-state index contributed by atoms with van der Waals surface area (Å²) in [6.45, 7) is 6.43. The fourth-order valence-corrected chi connectivity index (χ4v) is 0.833. The number of hydrogen-bond donors (Lipinski definition) is 1. The molecule has 0 amide bonds. The molecular weight excluding hydrogens is 116 g/mol. The zero-order valence-corrected chi connectivity index (χ0v) is 6.42. The van der Waals surface area contributed by atoms with Crippen molar-refractivity contribution in [2.45, 2.75) is 39.4 Å². The normalized spacial score (nSPS) is 17.3. The third kappa shape index (κ3) is 5.80. The Morgan fingerprint density at radius 2 is 2.00 bits per heavy atom. The van der Waals surface area contributed by atoms with Crippen molar-refractivity contribution in [1.82, 2.24) is 0 Å². The highest BCUT2D eigenvalue weighted by Crippen LogP contribution is 2.00. The van der Waals surface area contributed by atoms with Gasteiger partial charge >= 0.3 is 0 Å². The van der Waals surface area contributed by atoms with Gasteiger partial charge < -0.3 is 9.84 Å². The molecule has 0 aliphatic carbocycles. The van der Waals surface area contributed by atoms with Crippen molar-refractivity contribution >= 4 is 0 Å². The van der Waals surface area contributed by atoms with Crippen LogP contribution in [0.15, 0.2) is 0 Å². The highest BCUT2D eigenvalue weighted by atomic mass is 16.5. The molecule has 2 nitrogen and oxygen atoms in total. The first-order valence-electron chi connectivity index (χ1n) is 3.46. The zero-order chi connectivity index (χ0) is 7.28. The van der Waals surface area contributed by atoms with Crippen molar-refractivity contribution in [3.8, 4) is 0 Å². The summed E-state index contributed by atoms with van der Waals surface area (Å²) < 4.78 is 5.19. The van der Waals surface area contributed by atoms with Gasteiger partial charge in [-0.05, 0) is 27.2 Å². The number of ether oxygens (including phenoxy) is 1. The zero-order valence-electron chi connectivity index (χ0n) is 6.42. The summed E-state index contributed by atoms with van der Waals surface area (Å²) >= 11 is 0. The van der Waals surface area contributed by atoms with Crippen LogP contribution >= 0.6 is 0 Å². The number of hydrogen-bond acceptors (Lipinski definition) is 2. The second-order valence-electron chi connectivity index (χ2n) is 2.35. The maximum absolute atomic E-state index is 8.87. The van der Waals surface area contributed by atoms with Crippen molar-refractivity contribution in [2.24, 2.45) is 0 Å². The van der Waals surface area contributed by atoms with Crippen molar-refractivity contribution in [2.75, 3.05) is 6.61 Å². The van der Waals surface area contributed by atoms with Gasteiger partial charge in [0.2, 0.25) is 0 Å². The van der Waals surface area contributed by atoms with Gasteiger partial charge in [-0.2, -0.15) is 0 Å². The van der Waals surface area contributed by atoms with Crippen LogP contribution in [0.3, 0.4) is 0 Å². The number of aliphatic hydroxyl groups is 1. The first-order valence-corrected chi connectivity index (χ1v) is 3.46. The fraction of sp³-hybridized carbons (Fsp3) is 1.00. The molecule has 1 N–H and O–H groups in total. The smallest absolute Gasteiger partial charge is 0.0571 e. The van der Waals surface area contributed by atoms with E-state index in [2.05, 4.69) is 0 Å². The number of aliphatic hydroxyl groups excluding tert-OH is 1. The minimum atomic E-state index is -0.244. The van der Waals surface area contributed by atoms with E-state index < -0.39 is 0 Å². The minimum Gasteiger partial charge on any atom is -0.393 e. The molecule has 0 spiro atoms. The predicted molar refractivity (Wildman–Crippen MR) is 37.4 cm³/mol. The molecule has 0 saturated heterocycles. The lowest BCUT2D eigenvalue weighted by Crippen LogP contribution is -2.14. The molecule has 0 aromatic carbocycles. The topological polar surface area (TPSA) is 29.5 Å². The van der Waals surface area contributed by atoms with Crippen LogP contribution in [-0.4, -0.2) is 23.9 Å². The maximum Gasteiger partial charge on any atom is 0.0571 e. The Balaban J connectivity index is 3.15. The average molecular weight is 132 g/mol. The van der Waals surface area contributed by atoms with E-state index in [0.717, 1.165) is 13.0 Å². The van der Waals surface area contributed by atoms with Crippen molar-refractivity contribution in [3.05, 3.63) is 0 Å². The van der Waals surface area contributed by atoms with Crippen LogP contribution in [-0.2, 0) is 4.74 Å². The summed E-state index contributed by atoms with van der Waals surface area (Å²) in [6.07, 6.45) is 0.676. The Hall–Kier alpha value is -0.0800. The van der Waals surface area contributed by atoms with E-state index in [-0.39, 0.29) is 12.2 Å². The molecule has 2 unspecified atom stereocenters. The molecule has 0 saturated carbocycles. The molecule has 0 aliphatic heterocycles. The van der Waals surface area contributed by atoms with E-state index in [0.29, 0.717) is 0 Å². The van der Waals surface area contributed by atoms with E-state index in [1.165, 1.54) is 0 Å². The maximum atomic E-state index is 8.87. The lowest BCUT2D eigenvalue weighted by atomic mass is 10.2. The largest absolute Gasteiger partial charge is 0.393 e. The van der Waals surface area contributed by atoms with Crippen LogP contribution < -0.4 is 0 Å². The van der Waals surface area contributed by atoms with Gasteiger partial charge in [-0.3, -0.25) is 0 Å². The molecule has 0 aliphatic rings. The van der Waals surface area contributed by atoms with Gasteiger partial charge in [0.25, 0.3) is 0 Å². The fourth-order valence-electron chi connectivity index (χ4n) is 0.833. The van der Waals surface area contributed by atoms with Crippen LogP contribution in [0.25, 0.3) is 0 Å². The monoisotopic (exact) mass is 132 g/mol. The molecule has 9 heavy (non-hydrogen) atoms. The molecule has 2 atom stereocenters. The van der Waals surface area contributed by atoms with Crippen molar-refractivity contribution < 1.29 is 9.84 Å². The molecule has 0 aromatic rings. The van der Waals surface area contributed by atoms with Gasteiger partial charge in [-0.1, -0.05) is 0 Å². The highest BCUT2D eigenvalue weighted by Gasteiger charge is 2.03. The minimum absolute atomic E-state index is 0.190. The second-order valence-corrected chi connectivity index (χ2v) is 2.35. The first kappa shape index (κ1) is 8.92. The van der Waals surface area contributed by atoms with Crippen LogP contribution in [0.5, 0.6) is 0 Å². The molecule has 0 heterocycles. The molecule has 0 aromatic heterocycles. The standard InChI is InChI=1S/C7H16O2/c1-4-9-7(3)5-6(2)8/h6-8H,4-5H2,1-3H3. The Bertz CT molecular complexity index is 61.9. The molecular formula is C7H16O2. The predicted octanol–water partition coefficient (Wildman–Crippen LogP) is 1.18. The summed E-state index contributed by atoms with van der Waals surface area (Å²) in [5.74, 6) is 0. The summed E-state index contributed by atoms with van der Waals surface area (Å²) in [4.78, 5) is 0. The third-order valence-corrected chi connectivity index (χ3v) is 1.12. The molecule has 0 bridgehead atoms. The molecule has 0 radical (unpaired) electrons. The van der Waals surface area contributed by atoms with E-state index in [1.54, 1.807) is 6.92 Å². The van der Waals surface area contributed by atoms with Crippen molar-refractivity contribution in [3.63, 3.8) is 0 Å². The summed E-state index contributed by atoms with van der Waals surface area (Å²) in [7, 11) is 0. The van der Waals surface area contributed by atoms with Crippen LogP contribution in [0.4, 0.5) is 0 Å². The Kier molecular flexibility index (Phi) is 4.72. The van der Waals surface area contributed by atoms with E-state index in [1.807, 2.05) is 13.8 Å². The summed E-state index contributed by atoms with van der Waals surface area (Å²) in [5.41, 5.74) is 0. The van der Waals surface area contributed by atoms with Gasteiger partial charge in [-0.15, -0.1) is 0 Å². The van der Waals surface area contributed by atoms with E-state index >= 15 is 0 Å². The molecule has 2 heteroatoms. The van der Waals surface area contributed by atoms with Crippen LogP contribution in [0, 0.1) is 0 Å². The SMILES string of the molecule is CCOC(C)CC(C)O. The first-order chi connectivity index (χ1) is 4.16. The van der Waals surface area contributed by atoms with Gasteiger partial charge in [0.05, 0.1) is 12.2 Å². The number of rotatable bonds is 4. The summed E-state index contributed by atoms with van der Waals surface area (Å²) in [6, 6.07) is 0. The quantitative estimate of drug-likeness (QED) is 0.622. The van der Waals surface area contributed by atoms with Gasteiger partial charge in [0, 0.05) is 6.61 Å². The highest BCUT2D eigenvalue weighted by molar-refractivity contribution is 4.54. The second kappa shape index (κ2) is 4.77. The van der Waals surface area contributed by atoms with Crippen molar-refractivity contribution in [1.29, 1.82) is 0 Å². The average Bonchev–Trinajstić information content (AvgIpc) is 1.63. The Labute approximate surface area is 56.8 Å². The van der Waals surface area contributed by atoms with Crippen LogP contribution in [0.2, 0.25) is 0 Å².